The van der Waals surface area contributed by atoms with Crippen molar-refractivity contribution in [3.63, 3.8) is 0 Å². The number of hydrogen-bond acceptors (Lipinski definition) is 3. The van der Waals surface area contributed by atoms with Gasteiger partial charge in [-0.15, -0.1) is 11.3 Å². The van der Waals surface area contributed by atoms with E-state index in [0.717, 1.165) is 5.69 Å². The molecule has 1 heterocycles. The van der Waals surface area contributed by atoms with Crippen LogP contribution >= 0.6 is 11.3 Å². The Morgan fingerprint density at radius 3 is 3.08 bits per heavy atom. The predicted octanol–water partition coefficient (Wildman–Crippen LogP) is 2.04. The summed E-state index contributed by atoms with van der Waals surface area (Å²) in [7, 11) is 0. The van der Waals surface area contributed by atoms with Gasteiger partial charge in [-0.2, -0.15) is 0 Å². The average Bonchev–Trinajstić information content (AvgIpc) is 2.82. The third-order valence-corrected chi connectivity index (χ3v) is 3.11. The molecule has 1 N–H and O–H groups in total. The third-order valence-electron chi connectivity index (χ3n) is 2.20. The first kappa shape index (κ1) is 8.69. The Morgan fingerprint density at radius 1 is 1.69 bits per heavy atom. The van der Waals surface area contributed by atoms with E-state index in [1.165, 1.54) is 17.7 Å². The molecule has 0 aromatic carbocycles. The number of carboxylic acids is 1. The molecular weight excluding hydrogens is 186 g/mol. The first-order chi connectivity index (χ1) is 6.27. The number of carbonyl (C=O) groups is 1. The van der Waals surface area contributed by atoms with Crippen LogP contribution in [-0.4, -0.2) is 16.1 Å². The first-order valence-corrected chi connectivity index (χ1v) is 5.29. The van der Waals surface area contributed by atoms with Gasteiger partial charge in [0.1, 0.15) is 0 Å². The van der Waals surface area contributed by atoms with Gasteiger partial charge in [-0.25, -0.2) is 4.98 Å². The molecule has 0 saturated heterocycles. The van der Waals surface area contributed by atoms with Gasteiger partial charge in [-0.1, -0.05) is 0 Å². The van der Waals surface area contributed by atoms with Crippen LogP contribution in [0.25, 0.3) is 0 Å². The standard InChI is InChI=1S/C9H11NO2S/c11-8(12)4-3-7-9(6-1-2-6)10-5-13-7/h5-6H,1-4H2,(H,11,12). The van der Waals surface area contributed by atoms with Gasteiger partial charge in [-0.05, 0) is 19.3 Å². The van der Waals surface area contributed by atoms with E-state index in [1.807, 2.05) is 5.51 Å². The van der Waals surface area contributed by atoms with E-state index in [2.05, 4.69) is 4.98 Å². The van der Waals surface area contributed by atoms with Crippen LogP contribution in [0, 0.1) is 0 Å². The van der Waals surface area contributed by atoms with Crippen LogP contribution in [0.1, 0.15) is 35.8 Å². The number of thiazole rings is 1. The molecule has 0 atom stereocenters. The molecule has 0 bridgehead atoms. The van der Waals surface area contributed by atoms with Crippen LogP contribution in [0.5, 0.6) is 0 Å². The van der Waals surface area contributed by atoms with Crippen LogP contribution in [0.15, 0.2) is 5.51 Å². The second kappa shape index (κ2) is 3.46. The van der Waals surface area contributed by atoms with Gasteiger partial charge in [0, 0.05) is 10.8 Å². The summed E-state index contributed by atoms with van der Waals surface area (Å²) in [5, 5.41) is 8.54. The predicted molar refractivity (Wildman–Crippen MR) is 50.0 cm³/mol. The highest BCUT2D eigenvalue weighted by Crippen LogP contribution is 2.41. The summed E-state index contributed by atoms with van der Waals surface area (Å²) in [5.41, 5.74) is 2.98. The maximum Gasteiger partial charge on any atom is 0.303 e. The summed E-state index contributed by atoms with van der Waals surface area (Å²) in [6.07, 6.45) is 3.32. The Hall–Kier alpha value is -0.900. The summed E-state index contributed by atoms with van der Waals surface area (Å²) >= 11 is 1.59. The van der Waals surface area contributed by atoms with Crippen molar-refractivity contribution in [2.45, 2.75) is 31.6 Å². The summed E-state index contributed by atoms with van der Waals surface area (Å²) < 4.78 is 0. The Morgan fingerprint density at radius 2 is 2.46 bits per heavy atom. The number of aromatic nitrogens is 1. The van der Waals surface area contributed by atoms with Crippen molar-refractivity contribution in [1.82, 2.24) is 4.98 Å². The Kier molecular flexibility index (Phi) is 2.31. The van der Waals surface area contributed by atoms with Crippen LogP contribution in [-0.2, 0) is 11.2 Å². The van der Waals surface area contributed by atoms with Crippen molar-refractivity contribution in [1.29, 1.82) is 0 Å². The summed E-state index contributed by atoms with van der Waals surface area (Å²) in [4.78, 5) is 15.8. The minimum absolute atomic E-state index is 0.224. The van der Waals surface area contributed by atoms with Crippen molar-refractivity contribution in [2.75, 3.05) is 0 Å². The normalized spacial score (nSPS) is 16.0. The van der Waals surface area contributed by atoms with E-state index in [0.29, 0.717) is 12.3 Å². The molecule has 1 fully saturated rings. The zero-order chi connectivity index (χ0) is 9.26. The van der Waals surface area contributed by atoms with Crippen LogP contribution < -0.4 is 0 Å². The van der Waals surface area contributed by atoms with E-state index in [-0.39, 0.29) is 6.42 Å². The monoisotopic (exact) mass is 197 g/mol. The fourth-order valence-corrected chi connectivity index (χ4v) is 2.23. The van der Waals surface area contributed by atoms with Crippen molar-refractivity contribution in [3.8, 4) is 0 Å². The molecule has 0 radical (unpaired) electrons. The SMILES string of the molecule is O=C(O)CCc1scnc1C1CC1. The van der Waals surface area contributed by atoms with Crippen molar-refractivity contribution < 1.29 is 9.90 Å². The van der Waals surface area contributed by atoms with E-state index < -0.39 is 5.97 Å². The van der Waals surface area contributed by atoms with Crippen LogP contribution in [0.2, 0.25) is 0 Å². The Balaban J connectivity index is 2.02. The average molecular weight is 197 g/mol. The highest BCUT2D eigenvalue weighted by Gasteiger charge is 2.28. The molecule has 70 valence electrons. The van der Waals surface area contributed by atoms with Crippen molar-refractivity contribution >= 4 is 17.3 Å². The molecule has 1 aromatic rings. The molecule has 4 heteroatoms. The van der Waals surface area contributed by atoms with Gasteiger partial charge in [0.25, 0.3) is 0 Å². The number of nitrogens with zero attached hydrogens (tertiary/aromatic N) is 1. The molecule has 0 unspecified atom stereocenters. The van der Waals surface area contributed by atoms with E-state index >= 15 is 0 Å². The highest BCUT2D eigenvalue weighted by molar-refractivity contribution is 7.09. The molecule has 13 heavy (non-hydrogen) atoms. The number of hydrogen-bond donors (Lipinski definition) is 1. The highest BCUT2D eigenvalue weighted by atomic mass is 32.1. The maximum absolute atomic E-state index is 10.4. The Bertz CT molecular complexity index is 317. The molecule has 1 aliphatic rings. The molecule has 1 aliphatic carbocycles. The van der Waals surface area contributed by atoms with Gasteiger partial charge in [0.2, 0.25) is 0 Å². The molecule has 2 rings (SSSR count). The van der Waals surface area contributed by atoms with Crippen LogP contribution in [0.3, 0.4) is 0 Å². The smallest absolute Gasteiger partial charge is 0.303 e. The van der Waals surface area contributed by atoms with Gasteiger partial charge in [-0.3, -0.25) is 4.79 Å². The number of aliphatic carboxylic acids is 1. The summed E-state index contributed by atoms with van der Waals surface area (Å²) in [5.74, 6) is -0.0924. The number of rotatable bonds is 4. The van der Waals surface area contributed by atoms with E-state index in [1.54, 1.807) is 11.3 Å². The lowest BCUT2D eigenvalue weighted by Gasteiger charge is -1.97. The number of aryl methyl sites for hydroxylation is 1. The minimum atomic E-state index is -0.727. The van der Waals surface area contributed by atoms with Crippen molar-refractivity contribution in [2.24, 2.45) is 0 Å². The maximum atomic E-state index is 10.4. The van der Waals surface area contributed by atoms with Gasteiger partial charge in [0.15, 0.2) is 0 Å². The fraction of sp³-hybridized carbons (Fsp3) is 0.556. The van der Waals surface area contributed by atoms with Gasteiger partial charge in [0.05, 0.1) is 17.6 Å². The van der Waals surface area contributed by atoms with Gasteiger partial charge >= 0.3 is 5.97 Å². The number of carboxylic acid groups (broad SMARTS) is 1. The summed E-state index contributed by atoms with van der Waals surface area (Å²) in [6, 6.07) is 0. The fourth-order valence-electron chi connectivity index (χ4n) is 1.38. The first-order valence-electron chi connectivity index (χ1n) is 4.41. The minimum Gasteiger partial charge on any atom is -0.481 e. The van der Waals surface area contributed by atoms with E-state index in [4.69, 9.17) is 5.11 Å². The molecule has 0 aliphatic heterocycles. The zero-order valence-corrected chi connectivity index (χ0v) is 8.01. The topological polar surface area (TPSA) is 50.2 Å². The molecule has 0 amide bonds. The van der Waals surface area contributed by atoms with Gasteiger partial charge < -0.3 is 5.11 Å². The second-order valence-corrected chi connectivity index (χ2v) is 4.27. The lowest BCUT2D eigenvalue weighted by molar-refractivity contribution is -0.136. The Labute approximate surface area is 80.4 Å². The lowest BCUT2D eigenvalue weighted by atomic mass is 10.2. The quantitative estimate of drug-likeness (QED) is 0.803. The molecule has 0 spiro atoms. The molecule has 1 saturated carbocycles. The zero-order valence-electron chi connectivity index (χ0n) is 7.19. The van der Waals surface area contributed by atoms with E-state index in [9.17, 15) is 4.79 Å². The largest absolute Gasteiger partial charge is 0.481 e. The molecular formula is C9H11NO2S. The summed E-state index contributed by atoms with van der Waals surface area (Å²) in [6.45, 7) is 0. The lowest BCUT2D eigenvalue weighted by Crippen LogP contribution is -1.98. The van der Waals surface area contributed by atoms with Crippen molar-refractivity contribution in [3.05, 3.63) is 16.1 Å². The molecule has 1 aromatic heterocycles. The third kappa shape index (κ3) is 2.06. The second-order valence-electron chi connectivity index (χ2n) is 3.33. The van der Waals surface area contributed by atoms with Crippen LogP contribution in [0.4, 0.5) is 0 Å². The molecule has 3 nitrogen and oxygen atoms in total.